The van der Waals surface area contributed by atoms with Crippen LogP contribution in [-0.4, -0.2) is 36.6 Å². The predicted octanol–water partition coefficient (Wildman–Crippen LogP) is 3.25. The fraction of sp³-hybridized carbons (Fsp3) is 0.316. The number of carbonyl (C=O) groups is 1. The van der Waals surface area contributed by atoms with Gasteiger partial charge in [0.15, 0.2) is 0 Å². The minimum atomic E-state index is -4.07. The van der Waals surface area contributed by atoms with Crippen LogP contribution in [0.3, 0.4) is 0 Å². The van der Waals surface area contributed by atoms with E-state index in [9.17, 15) is 23.3 Å². The van der Waals surface area contributed by atoms with Gasteiger partial charge in [0.1, 0.15) is 0 Å². The van der Waals surface area contributed by atoms with Crippen LogP contribution < -0.4 is 5.32 Å². The molecule has 9 heteroatoms. The molecule has 0 aliphatic carbocycles. The number of amides is 1. The molecule has 0 spiro atoms. The minimum Gasteiger partial charge on any atom is -0.325 e. The van der Waals surface area contributed by atoms with Crippen molar-refractivity contribution in [1.82, 2.24) is 4.31 Å². The molecule has 0 heterocycles. The molecule has 1 N–H and O–H groups in total. The Bertz CT molecular complexity index is 989. The molecule has 0 atom stereocenters. The number of carbonyl (C=O) groups excluding carboxylic acids is 1. The molecule has 2 aromatic rings. The Kier molecular flexibility index (Phi) is 6.87. The first kappa shape index (κ1) is 21.5. The largest absolute Gasteiger partial charge is 0.325 e. The van der Waals surface area contributed by atoms with Crippen LogP contribution in [0.2, 0.25) is 0 Å². The zero-order chi connectivity index (χ0) is 20.9. The third-order valence-electron chi connectivity index (χ3n) is 4.23. The van der Waals surface area contributed by atoms with Crippen molar-refractivity contribution in [3.8, 4) is 0 Å². The summed E-state index contributed by atoms with van der Waals surface area (Å²) in [5.74, 6) is -0.479. The topological polar surface area (TPSA) is 110 Å². The second-order valence-electron chi connectivity index (χ2n) is 6.41. The zero-order valence-corrected chi connectivity index (χ0v) is 16.8. The number of nitro groups is 1. The summed E-state index contributed by atoms with van der Waals surface area (Å²) in [7, 11) is -4.07. The van der Waals surface area contributed by atoms with E-state index in [0.717, 1.165) is 15.9 Å². The van der Waals surface area contributed by atoms with Crippen LogP contribution in [0, 0.1) is 24.0 Å². The van der Waals surface area contributed by atoms with Gasteiger partial charge in [-0.3, -0.25) is 14.9 Å². The minimum absolute atomic E-state index is 0.116. The Balaban J connectivity index is 2.29. The Morgan fingerprint density at radius 2 is 1.82 bits per heavy atom. The molecule has 0 aliphatic heterocycles. The number of benzene rings is 2. The second-order valence-corrected chi connectivity index (χ2v) is 8.35. The van der Waals surface area contributed by atoms with E-state index >= 15 is 0 Å². The fourth-order valence-electron chi connectivity index (χ4n) is 2.69. The highest BCUT2D eigenvalue weighted by Crippen LogP contribution is 2.25. The molecule has 0 saturated heterocycles. The SMILES string of the molecule is CCCN(CC(=O)Nc1ccccc1C)S(=O)(=O)c1ccc(C)c([N+](=O)[O-])c1. The number of nitro benzene ring substituents is 1. The number of hydrogen-bond acceptors (Lipinski definition) is 5. The molecule has 2 rings (SSSR count). The summed E-state index contributed by atoms with van der Waals surface area (Å²) in [5, 5.41) is 13.9. The van der Waals surface area contributed by atoms with Gasteiger partial charge in [-0.2, -0.15) is 4.31 Å². The van der Waals surface area contributed by atoms with Gasteiger partial charge < -0.3 is 5.32 Å². The molecule has 28 heavy (non-hydrogen) atoms. The van der Waals surface area contributed by atoms with E-state index in [4.69, 9.17) is 0 Å². The van der Waals surface area contributed by atoms with Crippen LogP contribution in [0.5, 0.6) is 0 Å². The molecular formula is C19H23N3O5S. The summed E-state index contributed by atoms with van der Waals surface area (Å²) >= 11 is 0. The van der Waals surface area contributed by atoms with E-state index in [0.29, 0.717) is 17.7 Å². The van der Waals surface area contributed by atoms with Crippen molar-refractivity contribution >= 4 is 27.3 Å². The van der Waals surface area contributed by atoms with Gasteiger partial charge in [-0.1, -0.05) is 31.2 Å². The molecule has 150 valence electrons. The van der Waals surface area contributed by atoms with E-state index in [2.05, 4.69) is 5.32 Å². The fourth-order valence-corrected chi connectivity index (χ4v) is 4.20. The molecule has 0 aromatic heterocycles. The number of sulfonamides is 1. The molecule has 8 nitrogen and oxygen atoms in total. The maximum Gasteiger partial charge on any atom is 0.273 e. The smallest absolute Gasteiger partial charge is 0.273 e. The number of hydrogen-bond donors (Lipinski definition) is 1. The molecule has 2 aromatic carbocycles. The van der Waals surface area contributed by atoms with E-state index in [1.165, 1.54) is 19.1 Å². The molecule has 0 aliphatic rings. The van der Waals surface area contributed by atoms with Crippen LogP contribution in [0.25, 0.3) is 0 Å². The maximum absolute atomic E-state index is 13.0. The van der Waals surface area contributed by atoms with Gasteiger partial charge in [0.25, 0.3) is 5.69 Å². The lowest BCUT2D eigenvalue weighted by Gasteiger charge is -2.21. The first-order valence-electron chi connectivity index (χ1n) is 8.77. The maximum atomic E-state index is 13.0. The summed E-state index contributed by atoms with van der Waals surface area (Å²) in [6.45, 7) is 4.90. The van der Waals surface area contributed by atoms with Crippen LogP contribution in [0.15, 0.2) is 47.4 Å². The number of aryl methyl sites for hydroxylation is 2. The van der Waals surface area contributed by atoms with Crippen LogP contribution in [-0.2, 0) is 14.8 Å². The Hall–Kier alpha value is -2.78. The number of rotatable bonds is 8. The van der Waals surface area contributed by atoms with Gasteiger partial charge in [0, 0.05) is 23.9 Å². The van der Waals surface area contributed by atoms with Gasteiger partial charge in [-0.25, -0.2) is 8.42 Å². The first-order chi connectivity index (χ1) is 13.2. The van der Waals surface area contributed by atoms with Crippen LogP contribution >= 0.6 is 0 Å². The summed E-state index contributed by atoms with van der Waals surface area (Å²) in [5.41, 5.74) is 1.55. The van der Waals surface area contributed by atoms with Crippen molar-refractivity contribution in [3.63, 3.8) is 0 Å². The van der Waals surface area contributed by atoms with E-state index in [1.807, 2.05) is 19.1 Å². The molecule has 0 saturated carbocycles. The third-order valence-corrected chi connectivity index (χ3v) is 6.07. The van der Waals surface area contributed by atoms with Gasteiger partial charge in [-0.05, 0) is 38.0 Å². The van der Waals surface area contributed by atoms with Crippen molar-refractivity contribution in [3.05, 3.63) is 63.7 Å². The summed E-state index contributed by atoms with van der Waals surface area (Å²) < 4.78 is 27.0. The van der Waals surface area contributed by atoms with E-state index < -0.39 is 20.9 Å². The highest BCUT2D eigenvalue weighted by atomic mass is 32.2. The molecule has 0 fully saturated rings. The van der Waals surface area contributed by atoms with Gasteiger partial charge >= 0.3 is 0 Å². The normalized spacial score (nSPS) is 11.4. The highest BCUT2D eigenvalue weighted by molar-refractivity contribution is 7.89. The number of nitrogens with one attached hydrogen (secondary N) is 1. The van der Waals surface area contributed by atoms with Crippen molar-refractivity contribution in [1.29, 1.82) is 0 Å². The third kappa shape index (κ3) is 4.93. The summed E-state index contributed by atoms with van der Waals surface area (Å²) in [6.07, 6.45) is 0.491. The van der Waals surface area contributed by atoms with Gasteiger partial charge in [-0.15, -0.1) is 0 Å². The lowest BCUT2D eigenvalue weighted by atomic mass is 10.2. The monoisotopic (exact) mass is 405 g/mol. The van der Waals surface area contributed by atoms with Crippen LogP contribution in [0.1, 0.15) is 24.5 Å². The summed E-state index contributed by atoms with van der Waals surface area (Å²) in [6, 6.07) is 10.9. The lowest BCUT2D eigenvalue weighted by Crippen LogP contribution is -2.38. The van der Waals surface area contributed by atoms with E-state index in [-0.39, 0.29) is 23.7 Å². The summed E-state index contributed by atoms with van der Waals surface area (Å²) in [4.78, 5) is 22.7. The van der Waals surface area contributed by atoms with Crippen molar-refractivity contribution in [2.75, 3.05) is 18.4 Å². The first-order valence-corrected chi connectivity index (χ1v) is 10.2. The molecule has 1 amide bonds. The molecule has 0 unspecified atom stereocenters. The average molecular weight is 405 g/mol. The second kappa shape index (κ2) is 8.94. The molecule has 0 bridgehead atoms. The quantitative estimate of drug-likeness (QED) is 0.535. The lowest BCUT2D eigenvalue weighted by molar-refractivity contribution is -0.385. The molecule has 0 radical (unpaired) electrons. The predicted molar refractivity (Wildman–Crippen MR) is 107 cm³/mol. The van der Waals surface area contributed by atoms with Crippen molar-refractivity contribution in [2.45, 2.75) is 32.1 Å². The number of nitrogens with zero attached hydrogens (tertiary/aromatic N) is 2. The Morgan fingerprint density at radius 1 is 1.14 bits per heavy atom. The van der Waals surface area contributed by atoms with Crippen molar-refractivity contribution < 1.29 is 18.1 Å². The zero-order valence-electron chi connectivity index (χ0n) is 16.0. The molecular weight excluding hydrogens is 382 g/mol. The van der Waals surface area contributed by atoms with E-state index in [1.54, 1.807) is 19.1 Å². The average Bonchev–Trinajstić information content (AvgIpc) is 2.63. The van der Waals surface area contributed by atoms with Gasteiger partial charge in [0.2, 0.25) is 15.9 Å². The number of anilines is 1. The van der Waals surface area contributed by atoms with Gasteiger partial charge in [0.05, 0.1) is 16.4 Å². The standard InChI is InChI=1S/C19H23N3O5S/c1-4-11-21(13-19(23)20-17-8-6-5-7-14(17)2)28(26,27)16-10-9-15(3)18(12-16)22(24)25/h5-10,12H,4,11,13H2,1-3H3,(H,20,23). The number of para-hydroxylation sites is 1. The van der Waals surface area contributed by atoms with Crippen molar-refractivity contribution in [2.24, 2.45) is 0 Å². The Morgan fingerprint density at radius 3 is 2.43 bits per heavy atom. The van der Waals surface area contributed by atoms with Crippen LogP contribution in [0.4, 0.5) is 11.4 Å². The highest BCUT2D eigenvalue weighted by Gasteiger charge is 2.28. The Labute approximate surface area is 164 Å².